The van der Waals surface area contributed by atoms with Gasteiger partial charge in [0.15, 0.2) is 5.82 Å². The van der Waals surface area contributed by atoms with E-state index in [1.807, 2.05) is 0 Å². The highest BCUT2D eigenvalue weighted by Gasteiger charge is 2.21. The van der Waals surface area contributed by atoms with E-state index in [9.17, 15) is 0 Å². The van der Waals surface area contributed by atoms with Gasteiger partial charge in [0.25, 0.3) is 0 Å². The summed E-state index contributed by atoms with van der Waals surface area (Å²) in [6.45, 7) is 6.70. The molecule has 1 heterocycles. The Morgan fingerprint density at radius 2 is 1.88 bits per heavy atom. The first-order valence-electron chi connectivity index (χ1n) is 6.46. The van der Waals surface area contributed by atoms with Gasteiger partial charge < -0.3 is 0 Å². The lowest BCUT2D eigenvalue weighted by atomic mass is 9.89. The predicted molar refractivity (Wildman–Crippen MR) is 65.4 cm³/mol. The van der Waals surface area contributed by atoms with Gasteiger partial charge in [0.2, 0.25) is 0 Å². The summed E-state index contributed by atoms with van der Waals surface area (Å²) in [6.07, 6.45) is 7.59. The Balaban J connectivity index is 2.01. The summed E-state index contributed by atoms with van der Waals surface area (Å²) in [6, 6.07) is 0. The van der Waals surface area contributed by atoms with Gasteiger partial charge in [-0.15, -0.1) is 0 Å². The van der Waals surface area contributed by atoms with Crippen molar-refractivity contribution in [1.29, 1.82) is 0 Å². The zero-order valence-electron chi connectivity index (χ0n) is 10.7. The van der Waals surface area contributed by atoms with Gasteiger partial charge in [0.1, 0.15) is 5.82 Å². The number of aromatic amines is 1. The largest absolute Gasteiger partial charge is 0.263 e. The summed E-state index contributed by atoms with van der Waals surface area (Å²) < 4.78 is 0. The molecule has 2 rings (SSSR count). The van der Waals surface area contributed by atoms with E-state index in [-0.39, 0.29) is 5.41 Å². The Bertz CT molecular complexity index is 329. The lowest BCUT2D eigenvalue weighted by Gasteiger charge is -2.18. The van der Waals surface area contributed by atoms with Crippen molar-refractivity contribution in [2.45, 2.75) is 65.2 Å². The van der Waals surface area contributed by atoms with Crippen LogP contribution in [-0.2, 0) is 6.42 Å². The Labute approximate surface area is 98.1 Å². The molecule has 1 aliphatic rings. The van der Waals surface area contributed by atoms with Gasteiger partial charge in [-0.3, -0.25) is 5.10 Å². The Morgan fingerprint density at radius 1 is 1.19 bits per heavy atom. The summed E-state index contributed by atoms with van der Waals surface area (Å²) in [5.41, 5.74) is 0.281. The number of aromatic nitrogens is 3. The van der Waals surface area contributed by atoms with Crippen LogP contribution in [0.4, 0.5) is 0 Å². The fourth-order valence-electron chi connectivity index (χ4n) is 2.43. The molecule has 0 saturated heterocycles. The van der Waals surface area contributed by atoms with Gasteiger partial charge in [0, 0.05) is 12.3 Å². The molecule has 0 aromatic carbocycles. The van der Waals surface area contributed by atoms with E-state index in [2.05, 4.69) is 36.0 Å². The van der Waals surface area contributed by atoms with Crippen LogP contribution in [0.3, 0.4) is 0 Å². The van der Waals surface area contributed by atoms with Crippen LogP contribution < -0.4 is 0 Å². The van der Waals surface area contributed by atoms with Crippen LogP contribution in [0.25, 0.3) is 0 Å². The summed E-state index contributed by atoms with van der Waals surface area (Å²) >= 11 is 0. The predicted octanol–water partition coefficient (Wildman–Crippen LogP) is 3.44. The molecule has 0 unspecified atom stereocenters. The first-order chi connectivity index (χ1) is 7.54. The van der Waals surface area contributed by atoms with Crippen LogP contribution in [-0.4, -0.2) is 15.2 Å². The van der Waals surface area contributed by atoms with E-state index in [1.54, 1.807) is 0 Å². The Morgan fingerprint density at radius 3 is 2.50 bits per heavy atom. The Hall–Kier alpha value is -0.860. The summed E-state index contributed by atoms with van der Waals surface area (Å²) in [4.78, 5) is 4.65. The molecule has 16 heavy (non-hydrogen) atoms. The molecule has 1 N–H and O–H groups in total. The van der Waals surface area contributed by atoms with Crippen LogP contribution in [0, 0.1) is 5.41 Å². The molecule has 0 atom stereocenters. The minimum Gasteiger partial charge on any atom is -0.263 e. The second-order valence-corrected chi connectivity index (χ2v) is 6.21. The molecule has 1 aliphatic carbocycles. The molecule has 3 nitrogen and oxygen atoms in total. The quantitative estimate of drug-likeness (QED) is 0.831. The second kappa shape index (κ2) is 4.56. The third kappa shape index (κ3) is 3.06. The lowest BCUT2D eigenvalue weighted by Crippen LogP contribution is -2.11. The van der Waals surface area contributed by atoms with E-state index in [1.165, 1.54) is 32.1 Å². The molecule has 3 heteroatoms. The maximum Gasteiger partial charge on any atom is 0.153 e. The number of hydrogen-bond acceptors (Lipinski definition) is 2. The van der Waals surface area contributed by atoms with E-state index < -0.39 is 0 Å². The Kier molecular flexibility index (Phi) is 3.31. The van der Waals surface area contributed by atoms with Gasteiger partial charge in [-0.25, -0.2) is 4.98 Å². The molecule has 1 aromatic heterocycles. The maximum atomic E-state index is 4.65. The van der Waals surface area contributed by atoms with Crippen molar-refractivity contribution in [3.8, 4) is 0 Å². The van der Waals surface area contributed by atoms with Crippen LogP contribution in [0.2, 0.25) is 0 Å². The molecule has 0 aliphatic heterocycles. The molecule has 90 valence electrons. The van der Waals surface area contributed by atoms with Crippen molar-refractivity contribution >= 4 is 0 Å². The SMILES string of the molecule is CC(C)(C)Cc1nc(C2CCCCC2)n[nH]1. The lowest BCUT2D eigenvalue weighted by molar-refractivity contribution is 0.400. The van der Waals surface area contributed by atoms with Gasteiger partial charge in [-0.2, -0.15) is 5.10 Å². The van der Waals surface area contributed by atoms with Crippen molar-refractivity contribution in [2.24, 2.45) is 5.41 Å². The average molecular weight is 221 g/mol. The fourth-order valence-corrected chi connectivity index (χ4v) is 2.43. The van der Waals surface area contributed by atoms with Crippen LogP contribution in [0.1, 0.15) is 70.4 Å². The van der Waals surface area contributed by atoms with Crippen molar-refractivity contribution in [2.75, 3.05) is 0 Å². The molecule has 1 fully saturated rings. The minimum atomic E-state index is 0.281. The molecule has 0 radical (unpaired) electrons. The molecule has 0 bridgehead atoms. The number of nitrogens with zero attached hydrogens (tertiary/aromatic N) is 2. The average Bonchev–Trinajstić information content (AvgIpc) is 2.65. The fraction of sp³-hybridized carbons (Fsp3) is 0.846. The van der Waals surface area contributed by atoms with Crippen molar-refractivity contribution in [1.82, 2.24) is 15.2 Å². The number of nitrogens with one attached hydrogen (secondary N) is 1. The highest BCUT2D eigenvalue weighted by Crippen LogP contribution is 2.30. The molecular weight excluding hydrogens is 198 g/mol. The van der Waals surface area contributed by atoms with Crippen molar-refractivity contribution in [3.63, 3.8) is 0 Å². The van der Waals surface area contributed by atoms with Crippen molar-refractivity contribution in [3.05, 3.63) is 11.6 Å². The normalized spacial score (nSPS) is 18.9. The zero-order valence-corrected chi connectivity index (χ0v) is 10.7. The molecule has 0 spiro atoms. The molecule has 1 aromatic rings. The number of H-pyrrole nitrogens is 1. The first-order valence-corrected chi connectivity index (χ1v) is 6.46. The van der Waals surface area contributed by atoms with Gasteiger partial charge in [0.05, 0.1) is 0 Å². The van der Waals surface area contributed by atoms with Crippen LogP contribution in [0.5, 0.6) is 0 Å². The molecular formula is C13H23N3. The van der Waals surface area contributed by atoms with Crippen LogP contribution >= 0.6 is 0 Å². The monoisotopic (exact) mass is 221 g/mol. The summed E-state index contributed by atoms with van der Waals surface area (Å²) in [5, 5.41) is 7.49. The van der Waals surface area contributed by atoms with Crippen LogP contribution in [0.15, 0.2) is 0 Å². The maximum absolute atomic E-state index is 4.65. The standard InChI is InChI=1S/C13H23N3/c1-13(2,3)9-11-14-12(16-15-11)10-7-5-4-6-8-10/h10H,4-9H2,1-3H3,(H,14,15,16). The highest BCUT2D eigenvalue weighted by atomic mass is 15.2. The third-order valence-electron chi connectivity index (χ3n) is 3.22. The highest BCUT2D eigenvalue weighted by molar-refractivity contribution is 5.00. The zero-order chi connectivity index (χ0) is 11.6. The smallest absolute Gasteiger partial charge is 0.153 e. The van der Waals surface area contributed by atoms with E-state index in [0.29, 0.717) is 5.92 Å². The van der Waals surface area contributed by atoms with E-state index in [4.69, 9.17) is 0 Å². The van der Waals surface area contributed by atoms with E-state index >= 15 is 0 Å². The number of hydrogen-bond donors (Lipinski definition) is 1. The van der Waals surface area contributed by atoms with Gasteiger partial charge in [-0.05, 0) is 18.3 Å². The first kappa shape index (κ1) is 11.6. The third-order valence-corrected chi connectivity index (χ3v) is 3.22. The summed E-state index contributed by atoms with van der Waals surface area (Å²) in [5.74, 6) is 2.71. The molecule has 0 amide bonds. The van der Waals surface area contributed by atoms with E-state index in [0.717, 1.165) is 18.1 Å². The topological polar surface area (TPSA) is 41.6 Å². The minimum absolute atomic E-state index is 0.281. The van der Waals surface area contributed by atoms with Crippen molar-refractivity contribution < 1.29 is 0 Å². The molecule has 1 saturated carbocycles. The second-order valence-electron chi connectivity index (χ2n) is 6.21. The van der Waals surface area contributed by atoms with Gasteiger partial charge in [-0.1, -0.05) is 40.0 Å². The summed E-state index contributed by atoms with van der Waals surface area (Å²) in [7, 11) is 0. The number of rotatable bonds is 2. The van der Waals surface area contributed by atoms with Gasteiger partial charge >= 0.3 is 0 Å².